The zero-order valence-corrected chi connectivity index (χ0v) is 13.6. The number of anilines is 1. The van der Waals surface area contributed by atoms with E-state index in [1.54, 1.807) is 24.3 Å². The van der Waals surface area contributed by atoms with Crippen LogP contribution in [0.1, 0.15) is 24.1 Å². The van der Waals surface area contributed by atoms with Gasteiger partial charge < -0.3 is 5.32 Å². The number of pyridine rings is 1. The summed E-state index contributed by atoms with van der Waals surface area (Å²) in [5.41, 5.74) is 1.29. The van der Waals surface area contributed by atoms with Crippen LogP contribution < -0.4 is 5.32 Å². The second-order valence-electron chi connectivity index (χ2n) is 4.87. The Morgan fingerprint density at radius 2 is 1.95 bits per heavy atom. The van der Waals surface area contributed by atoms with Gasteiger partial charge in [0.15, 0.2) is 9.84 Å². The number of nitrogens with one attached hydrogen (secondary N) is 1. The number of rotatable bonds is 4. The van der Waals surface area contributed by atoms with E-state index >= 15 is 0 Å². The number of hydrogen-bond donors (Lipinski definition) is 1. The fourth-order valence-corrected chi connectivity index (χ4v) is 2.75. The van der Waals surface area contributed by atoms with Crippen molar-refractivity contribution in [2.75, 3.05) is 11.6 Å². The fourth-order valence-electron chi connectivity index (χ4n) is 1.90. The maximum atomic E-state index is 11.4. The molecule has 2 aromatic rings. The summed E-state index contributed by atoms with van der Waals surface area (Å²) in [5, 5.41) is 12.3. The van der Waals surface area contributed by atoms with Crippen LogP contribution in [-0.2, 0) is 9.84 Å². The van der Waals surface area contributed by atoms with Crippen LogP contribution in [0.25, 0.3) is 0 Å². The molecule has 2 rings (SSSR count). The molecule has 0 spiro atoms. The summed E-state index contributed by atoms with van der Waals surface area (Å²) in [6.07, 6.45) is 2.61. The first-order chi connectivity index (χ1) is 10.3. The van der Waals surface area contributed by atoms with Gasteiger partial charge in [-0.3, -0.25) is 0 Å². The monoisotopic (exact) mass is 335 g/mol. The Morgan fingerprint density at radius 1 is 1.32 bits per heavy atom. The smallest absolute Gasteiger partial charge is 0.175 e. The third-order valence-corrected chi connectivity index (χ3v) is 4.55. The predicted octanol–water partition coefficient (Wildman–Crippen LogP) is 3.18. The van der Waals surface area contributed by atoms with E-state index in [0.29, 0.717) is 16.4 Å². The van der Waals surface area contributed by atoms with Gasteiger partial charge in [0, 0.05) is 18.5 Å². The molecule has 0 aliphatic heterocycles. The molecule has 1 N–H and O–H groups in total. The maximum absolute atomic E-state index is 11.4. The molecule has 0 saturated carbocycles. The first-order valence-electron chi connectivity index (χ1n) is 6.43. The van der Waals surface area contributed by atoms with Gasteiger partial charge in [0.05, 0.1) is 15.5 Å². The summed E-state index contributed by atoms with van der Waals surface area (Å²) in [6.45, 7) is 1.91. The lowest BCUT2D eigenvalue weighted by atomic mass is 10.1. The van der Waals surface area contributed by atoms with Crippen LogP contribution >= 0.6 is 11.6 Å². The van der Waals surface area contributed by atoms with Crippen LogP contribution in [0, 0.1) is 11.3 Å². The van der Waals surface area contributed by atoms with Crippen molar-refractivity contribution in [3.8, 4) is 6.07 Å². The SMILES string of the molecule is C[C@@H](Nc1ncc(C#N)cc1Cl)c1ccc(S(C)(=O)=O)cc1. The van der Waals surface area contributed by atoms with E-state index < -0.39 is 9.84 Å². The maximum Gasteiger partial charge on any atom is 0.175 e. The highest BCUT2D eigenvalue weighted by atomic mass is 35.5. The van der Waals surface area contributed by atoms with Gasteiger partial charge in [0.25, 0.3) is 0 Å². The Hall–Kier alpha value is -2.10. The summed E-state index contributed by atoms with van der Waals surface area (Å²) >= 11 is 6.07. The molecular formula is C15H14ClN3O2S. The van der Waals surface area contributed by atoms with Crippen molar-refractivity contribution in [2.24, 2.45) is 0 Å². The normalized spacial score (nSPS) is 12.5. The lowest BCUT2D eigenvalue weighted by molar-refractivity contribution is 0.602. The van der Waals surface area contributed by atoms with Gasteiger partial charge in [-0.1, -0.05) is 23.7 Å². The third kappa shape index (κ3) is 3.75. The molecule has 0 bridgehead atoms. The van der Waals surface area contributed by atoms with Gasteiger partial charge in [0.2, 0.25) is 0 Å². The van der Waals surface area contributed by atoms with E-state index in [9.17, 15) is 8.42 Å². The minimum absolute atomic E-state index is 0.119. The van der Waals surface area contributed by atoms with Gasteiger partial charge in [-0.25, -0.2) is 13.4 Å². The second kappa shape index (κ2) is 6.34. The minimum atomic E-state index is -3.20. The number of benzene rings is 1. The summed E-state index contributed by atoms with van der Waals surface area (Å²) in [6, 6.07) is 10.0. The Bertz CT molecular complexity index is 827. The molecule has 0 aliphatic carbocycles. The first-order valence-corrected chi connectivity index (χ1v) is 8.70. The molecular weight excluding hydrogens is 322 g/mol. The van der Waals surface area contributed by atoms with Crippen LogP contribution in [0.4, 0.5) is 5.82 Å². The number of aromatic nitrogens is 1. The lowest BCUT2D eigenvalue weighted by Gasteiger charge is -2.16. The van der Waals surface area contributed by atoms with Crippen molar-refractivity contribution < 1.29 is 8.42 Å². The molecule has 114 valence electrons. The molecule has 1 aromatic heterocycles. The van der Waals surface area contributed by atoms with Gasteiger partial charge in [-0.05, 0) is 30.7 Å². The van der Waals surface area contributed by atoms with E-state index in [1.165, 1.54) is 18.5 Å². The molecule has 0 saturated heterocycles. The van der Waals surface area contributed by atoms with Crippen molar-refractivity contribution in [2.45, 2.75) is 17.9 Å². The highest BCUT2D eigenvalue weighted by Gasteiger charge is 2.11. The molecule has 0 unspecified atom stereocenters. The highest BCUT2D eigenvalue weighted by Crippen LogP contribution is 2.25. The standard InChI is InChI=1S/C15H14ClN3O2S/c1-10(12-3-5-13(6-4-12)22(2,20)21)19-15-14(16)7-11(8-17)9-18-15/h3-7,9-10H,1-2H3,(H,18,19)/t10-/m1/s1. The zero-order chi connectivity index (χ0) is 16.3. The predicted molar refractivity (Wildman–Crippen MR) is 85.6 cm³/mol. The number of hydrogen-bond acceptors (Lipinski definition) is 5. The van der Waals surface area contributed by atoms with E-state index in [-0.39, 0.29) is 10.9 Å². The summed E-state index contributed by atoms with van der Waals surface area (Å²) in [4.78, 5) is 4.39. The van der Waals surface area contributed by atoms with Crippen molar-refractivity contribution >= 4 is 27.3 Å². The quantitative estimate of drug-likeness (QED) is 0.927. The topological polar surface area (TPSA) is 82.8 Å². The van der Waals surface area contributed by atoms with Crippen molar-refractivity contribution in [3.63, 3.8) is 0 Å². The molecule has 1 heterocycles. The number of nitriles is 1. The third-order valence-electron chi connectivity index (χ3n) is 3.13. The van der Waals surface area contributed by atoms with Gasteiger partial charge in [-0.2, -0.15) is 5.26 Å². The summed E-state index contributed by atoms with van der Waals surface area (Å²) in [5.74, 6) is 0.473. The van der Waals surface area contributed by atoms with E-state index in [4.69, 9.17) is 16.9 Å². The van der Waals surface area contributed by atoms with Crippen LogP contribution in [0.3, 0.4) is 0 Å². The Kier molecular flexibility index (Phi) is 4.69. The van der Waals surface area contributed by atoms with Crippen molar-refractivity contribution in [3.05, 3.63) is 52.7 Å². The number of halogens is 1. The van der Waals surface area contributed by atoms with E-state index in [2.05, 4.69) is 10.3 Å². The summed E-state index contributed by atoms with van der Waals surface area (Å²) < 4.78 is 22.9. The van der Waals surface area contributed by atoms with Crippen LogP contribution in [0.15, 0.2) is 41.4 Å². The molecule has 0 fully saturated rings. The second-order valence-corrected chi connectivity index (χ2v) is 7.30. The molecule has 5 nitrogen and oxygen atoms in total. The van der Waals surface area contributed by atoms with Crippen LogP contribution in [0.2, 0.25) is 5.02 Å². The van der Waals surface area contributed by atoms with Crippen molar-refractivity contribution in [1.82, 2.24) is 4.98 Å². The molecule has 7 heteroatoms. The molecule has 0 radical (unpaired) electrons. The highest BCUT2D eigenvalue weighted by molar-refractivity contribution is 7.90. The molecule has 0 aliphatic rings. The van der Waals surface area contributed by atoms with Crippen molar-refractivity contribution in [1.29, 1.82) is 5.26 Å². The number of sulfone groups is 1. The molecule has 1 aromatic carbocycles. The van der Waals surface area contributed by atoms with Crippen LogP contribution in [0.5, 0.6) is 0 Å². The van der Waals surface area contributed by atoms with Gasteiger partial charge in [-0.15, -0.1) is 0 Å². The Labute approximate surface area is 134 Å². The fraction of sp³-hybridized carbons (Fsp3) is 0.200. The van der Waals surface area contributed by atoms with Crippen LogP contribution in [-0.4, -0.2) is 19.7 Å². The Morgan fingerprint density at radius 3 is 2.45 bits per heavy atom. The lowest BCUT2D eigenvalue weighted by Crippen LogP contribution is -2.09. The number of nitrogens with zero attached hydrogens (tertiary/aromatic N) is 2. The molecule has 22 heavy (non-hydrogen) atoms. The Balaban J connectivity index is 2.19. The summed E-state index contributed by atoms with van der Waals surface area (Å²) in [7, 11) is -3.20. The minimum Gasteiger partial charge on any atom is -0.362 e. The van der Waals surface area contributed by atoms with E-state index in [1.807, 2.05) is 13.0 Å². The first kappa shape index (κ1) is 16.3. The molecule has 1 atom stereocenters. The van der Waals surface area contributed by atoms with Gasteiger partial charge in [0.1, 0.15) is 11.9 Å². The van der Waals surface area contributed by atoms with Gasteiger partial charge >= 0.3 is 0 Å². The zero-order valence-electron chi connectivity index (χ0n) is 12.0. The molecule has 0 amide bonds. The average Bonchev–Trinajstić information content (AvgIpc) is 2.48. The average molecular weight is 336 g/mol. The van der Waals surface area contributed by atoms with E-state index in [0.717, 1.165) is 5.56 Å². The largest absolute Gasteiger partial charge is 0.362 e.